The van der Waals surface area contributed by atoms with Gasteiger partial charge in [0.1, 0.15) is 5.82 Å². The average Bonchev–Trinajstić information content (AvgIpc) is 2.49. The molecule has 1 heterocycles. The molecule has 5 heteroatoms. The summed E-state index contributed by atoms with van der Waals surface area (Å²) < 4.78 is 19.9. The van der Waals surface area contributed by atoms with Crippen LogP contribution in [-0.4, -0.2) is 43.6 Å². The maximum absolute atomic E-state index is 14.4. The highest BCUT2D eigenvalue weighted by molar-refractivity contribution is 5.50. The van der Waals surface area contributed by atoms with Crippen LogP contribution in [0.4, 0.5) is 10.1 Å². The molecule has 4 nitrogen and oxygen atoms in total. The molecule has 21 heavy (non-hydrogen) atoms. The molecule has 1 saturated heterocycles. The molecule has 0 saturated carbocycles. The number of aliphatic hydroxyl groups is 1. The second-order valence-electron chi connectivity index (χ2n) is 5.60. The highest BCUT2D eigenvalue weighted by atomic mass is 19.1. The van der Waals surface area contributed by atoms with E-state index < -0.39 is 0 Å². The van der Waals surface area contributed by atoms with Crippen LogP contribution in [0.5, 0.6) is 0 Å². The molecular weight excluding hydrogens is 271 g/mol. The van der Waals surface area contributed by atoms with Crippen LogP contribution in [0.1, 0.15) is 25.8 Å². The molecule has 1 aliphatic rings. The summed E-state index contributed by atoms with van der Waals surface area (Å²) in [5, 5.41) is 12.5. The van der Waals surface area contributed by atoms with Gasteiger partial charge in [-0.1, -0.05) is 13.0 Å². The predicted octanol–water partition coefficient (Wildman–Crippen LogP) is 1.91. The fourth-order valence-electron chi connectivity index (χ4n) is 2.57. The molecule has 0 amide bonds. The van der Waals surface area contributed by atoms with Crippen LogP contribution < -0.4 is 10.2 Å². The van der Waals surface area contributed by atoms with Crippen molar-refractivity contribution in [2.75, 3.05) is 31.2 Å². The maximum Gasteiger partial charge on any atom is 0.146 e. The molecule has 2 atom stereocenters. The Hall–Kier alpha value is -1.17. The van der Waals surface area contributed by atoms with Crippen LogP contribution >= 0.6 is 0 Å². The van der Waals surface area contributed by atoms with E-state index in [1.54, 1.807) is 6.07 Å². The molecule has 2 N–H and O–H groups in total. The zero-order valence-electron chi connectivity index (χ0n) is 12.8. The third-order valence-corrected chi connectivity index (χ3v) is 3.79. The summed E-state index contributed by atoms with van der Waals surface area (Å²) >= 11 is 0. The van der Waals surface area contributed by atoms with Crippen LogP contribution in [0.2, 0.25) is 0 Å². The average molecular weight is 296 g/mol. The molecular formula is C16H25FN2O2. The third-order valence-electron chi connectivity index (χ3n) is 3.79. The van der Waals surface area contributed by atoms with Crippen LogP contribution in [0.3, 0.4) is 0 Å². The lowest BCUT2D eigenvalue weighted by Crippen LogP contribution is -2.50. The standard InChI is InChI=1S/C16H25FN2O2/c1-3-6-18-8-13-4-5-16(15(17)7-13)19-9-14(10-20)21-11-12(19)2/h4-5,7,12,14,18,20H,3,6,8-11H2,1-2H3. The monoisotopic (exact) mass is 296 g/mol. The first-order chi connectivity index (χ1) is 10.2. The number of benzene rings is 1. The van der Waals surface area contributed by atoms with Gasteiger partial charge in [0.25, 0.3) is 0 Å². The van der Waals surface area contributed by atoms with Gasteiger partial charge in [0, 0.05) is 19.1 Å². The van der Waals surface area contributed by atoms with Gasteiger partial charge >= 0.3 is 0 Å². The fourth-order valence-corrected chi connectivity index (χ4v) is 2.57. The number of morpholine rings is 1. The van der Waals surface area contributed by atoms with Crippen molar-refractivity contribution in [3.8, 4) is 0 Å². The lowest BCUT2D eigenvalue weighted by Gasteiger charge is -2.39. The Morgan fingerprint density at radius 2 is 2.29 bits per heavy atom. The zero-order valence-corrected chi connectivity index (χ0v) is 12.8. The van der Waals surface area contributed by atoms with Gasteiger partial charge in [-0.15, -0.1) is 0 Å². The first-order valence-electron chi connectivity index (χ1n) is 7.64. The molecule has 2 rings (SSSR count). The SMILES string of the molecule is CCCNCc1ccc(N2CC(CO)OCC2C)c(F)c1. The summed E-state index contributed by atoms with van der Waals surface area (Å²) in [7, 11) is 0. The second-order valence-corrected chi connectivity index (χ2v) is 5.60. The molecule has 0 spiro atoms. The quantitative estimate of drug-likeness (QED) is 0.787. The van der Waals surface area contributed by atoms with E-state index in [0.29, 0.717) is 25.4 Å². The van der Waals surface area contributed by atoms with Crippen LogP contribution in [0.15, 0.2) is 18.2 Å². The Balaban J connectivity index is 2.08. The molecule has 1 aromatic carbocycles. The number of aliphatic hydroxyl groups excluding tert-OH is 1. The topological polar surface area (TPSA) is 44.7 Å². The molecule has 1 fully saturated rings. The summed E-state index contributed by atoms with van der Waals surface area (Å²) in [6.45, 7) is 6.71. The van der Waals surface area contributed by atoms with Crippen molar-refractivity contribution >= 4 is 5.69 Å². The van der Waals surface area contributed by atoms with E-state index in [-0.39, 0.29) is 24.6 Å². The second kappa shape index (κ2) is 7.73. The Morgan fingerprint density at radius 1 is 1.48 bits per heavy atom. The van der Waals surface area contributed by atoms with E-state index in [2.05, 4.69) is 12.2 Å². The van der Waals surface area contributed by atoms with Gasteiger partial charge in [-0.2, -0.15) is 0 Å². The lowest BCUT2D eigenvalue weighted by atomic mass is 10.1. The smallest absolute Gasteiger partial charge is 0.146 e. The molecule has 1 aliphatic heterocycles. The summed E-state index contributed by atoms with van der Waals surface area (Å²) in [6.07, 6.45) is 0.820. The van der Waals surface area contributed by atoms with Crippen molar-refractivity contribution in [3.63, 3.8) is 0 Å². The fraction of sp³-hybridized carbons (Fsp3) is 0.625. The number of nitrogens with zero attached hydrogens (tertiary/aromatic N) is 1. The van der Waals surface area contributed by atoms with Gasteiger partial charge in [-0.05, 0) is 37.6 Å². The first-order valence-corrected chi connectivity index (χ1v) is 7.64. The van der Waals surface area contributed by atoms with Crippen molar-refractivity contribution in [3.05, 3.63) is 29.6 Å². The van der Waals surface area contributed by atoms with Crippen molar-refractivity contribution in [1.29, 1.82) is 0 Å². The minimum Gasteiger partial charge on any atom is -0.394 e. The minimum atomic E-state index is -0.244. The molecule has 0 aromatic heterocycles. The first kappa shape index (κ1) is 16.2. The molecule has 118 valence electrons. The number of nitrogens with one attached hydrogen (secondary N) is 1. The molecule has 0 radical (unpaired) electrons. The zero-order chi connectivity index (χ0) is 15.2. The molecule has 1 aromatic rings. The van der Waals surface area contributed by atoms with Gasteiger partial charge in [0.05, 0.1) is 25.0 Å². The van der Waals surface area contributed by atoms with E-state index >= 15 is 0 Å². The Morgan fingerprint density at radius 3 is 2.95 bits per heavy atom. The summed E-state index contributed by atoms with van der Waals surface area (Å²) in [6, 6.07) is 5.48. The van der Waals surface area contributed by atoms with Crippen molar-refractivity contribution in [2.45, 2.75) is 39.0 Å². The Kier molecular flexibility index (Phi) is 5.96. The van der Waals surface area contributed by atoms with Gasteiger partial charge in [0.2, 0.25) is 0 Å². The molecule has 0 bridgehead atoms. The normalized spacial score (nSPS) is 22.6. The number of hydrogen-bond acceptors (Lipinski definition) is 4. The number of hydrogen-bond donors (Lipinski definition) is 2. The molecule has 0 aliphatic carbocycles. The minimum absolute atomic E-state index is 0.0378. The number of anilines is 1. The highest BCUT2D eigenvalue weighted by Gasteiger charge is 2.27. The van der Waals surface area contributed by atoms with Crippen molar-refractivity contribution < 1.29 is 14.2 Å². The van der Waals surface area contributed by atoms with E-state index in [0.717, 1.165) is 18.5 Å². The summed E-state index contributed by atoms with van der Waals surface area (Å²) in [5.41, 5.74) is 1.54. The number of halogens is 1. The van der Waals surface area contributed by atoms with Gasteiger partial charge in [0.15, 0.2) is 0 Å². The van der Waals surface area contributed by atoms with Crippen LogP contribution in [-0.2, 0) is 11.3 Å². The maximum atomic E-state index is 14.4. The van der Waals surface area contributed by atoms with E-state index in [1.165, 1.54) is 0 Å². The largest absolute Gasteiger partial charge is 0.394 e. The van der Waals surface area contributed by atoms with E-state index in [1.807, 2.05) is 24.0 Å². The van der Waals surface area contributed by atoms with Crippen LogP contribution in [0.25, 0.3) is 0 Å². The van der Waals surface area contributed by atoms with Crippen molar-refractivity contribution in [1.82, 2.24) is 5.32 Å². The third kappa shape index (κ3) is 4.15. The molecule has 2 unspecified atom stereocenters. The predicted molar refractivity (Wildman–Crippen MR) is 82.0 cm³/mol. The number of ether oxygens (including phenoxy) is 1. The lowest BCUT2D eigenvalue weighted by molar-refractivity contribution is -0.0105. The Bertz CT molecular complexity index is 456. The highest BCUT2D eigenvalue weighted by Crippen LogP contribution is 2.25. The number of rotatable bonds is 6. The van der Waals surface area contributed by atoms with Crippen LogP contribution in [0, 0.1) is 5.82 Å². The van der Waals surface area contributed by atoms with E-state index in [4.69, 9.17) is 4.74 Å². The summed E-state index contributed by atoms with van der Waals surface area (Å²) in [4.78, 5) is 1.98. The van der Waals surface area contributed by atoms with E-state index in [9.17, 15) is 9.50 Å². The van der Waals surface area contributed by atoms with Gasteiger partial charge < -0.3 is 20.1 Å². The Labute approximate surface area is 125 Å². The van der Waals surface area contributed by atoms with Crippen molar-refractivity contribution in [2.24, 2.45) is 0 Å². The summed E-state index contributed by atoms with van der Waals surface area (Å²) in [5.74, 6) is -0.212. The van der Waals surface area contributed by atoms with Gasteiger partial charge in [-0.3, -0.25) is 0 Å². The van der Waals surface area contributed by atoms with Gasteiger partial charge in [-0.25, -0.2) is 4.39 Å².